The Morgan fingerprint density at radius 3 is 2.80 bits per heavy atom. The van der Waals surface area contributed by atoms with Gasteiger partial charge in [0.2, 0.25) is 5.95 Å². The molecule has 0 spiro atoms. The first-order valence-electron chi connectivity index (χ1n) is 4.56. The number of carbonyl (C=O) groups excluding carboxylic acids is 1. The summed E-state index contributed by atoms with van der Waals surface area (Å²) in [6.07, 6.45) is 1.18. The minimum Gasteiger partial charge on any atom is -0.394 e. The van der Waals surface area contributed by atoms with Crippen LogP contribution in [0.2, 0.25) is 0 Å². The molecular formula is C10H13FN2O2. The number of rotatable bonds is 3. The fourth-order valence-electron chi connectivity index (χ4n) is 1.03. The molecule has 1 unspecified atom stereocenters. The van der Waals surface area contributed by atoms with E-state index in [1.54, 1.807) is 14.0 Å². The second-order valence-corrected chi connectivity index (χ2v) is 3.32. The Balaban J connectivity index is 2.80. The summed E-state index contributed by atoms with van der Waals surface area (Å²) in [6, 6.07) is 2.22. The van der Waals surface area contributed by atoms with Crippen molar-refractivity contribution >= 4 is 5.91 Å². The maximum atomic E-state index is 12.5. The fourth-order valence-corrected chi connectivity index (χ4v) is 1.03. The Morgan fingerprint density at radius 2 is 2.33 bits per heavy atom. The number of aromatic nitrogens is 1. The highest BCUT2D eigenvalue weighted by Crippen LogP contribution is 2.05. The zero-order chi connectivity index (χ0) is 11.4. The van der Waals surface area contributed by atoms with E-state index in [9.17, 15) is 9.18 Å². The quantitative estimate of drug-likeness (QED) is 0.749. The molecule has 15 heavy (non-hydrogen) atoms. The van der Waals surface area contributed by atoms with E-state index < -0.39 is 5.95 Å². The van der Waals surface area contributed by atoms with Crippen LogP contribution in [0, 0.1) is 5.95 Å². The third-order valence-electron chi connectivity index (χ3n) is 2.22. The first-order chi connectivity index (χ1) is 7.06. The van der Waals surface area contributed by atoms with E-state index in [0.29, 0.717) is 5.56 Å². The number of pyridine rings is 1. The third-order valence-corrected chi connectivity index (χ3v) is 2.22. The van der Waals surface area contributed by atoms with Gasteiger partial charge in [-0.3, -0.25) is 4.79 Å². The van der Waals surface area contributed by atoms with Crippen molar-refractivity contribution in [2.24, 2.45) is 0 Å². The topological polar surface area (TPSA) is 53.4 Å². The molecule has 0 radical (unpaired) electrons. The molecule has 0 bridgehead atoms. The zero-order valence-electron chi connectivity index (χ0n) is 8.64. The lowest BCUT2D eigenvalue weighted by Crippen LogP contribution is -2.37. The Morgan fingerprint density at radius 1 is 1.67 bits per heavy atom. The van der Waals surface area contributed by atoms with Crippen molar-refractivity contribution in [2.45, 2.75) is 13.0 Å². The summed E-state index contributed by atoms with van der Waals surface area (Å²) in [5, 5.41) is 8.88. The molecule has 82 valence electrons. The van der Waals surface area contributed by atoms with E-state index in [0.717, 1.165) is 6.07 Å². The highest BCUT2D eigenvalue weighted by atomic mass is 19.1. The van der Waals surface area contributed by atoms with Crippen LogP contribution in [-0.4, -0.2) is 40.6 Å². The van der Waals surface area contributed by atoms with E-state index in [1.807, 2.05) is 0 Å². The molecule has 0 aliphatic rings. The van der Waals surface area contributed by atoms with E-state index >= 15 is 0 Å². The van der Waals surface area contributed by atoms with Crippen molar-refractivity contribution in [3.8, 4) is 0 Å². The van der Waals surface area contributed by atoms with Crippen LogP contribution in [0.5, 0.6) is 0 Å². The van der Waals surface area contributed by atoms with Crippen LogP contribution >= 0.6 is 0 Å². The number of hydrogen-bond donors (Lipinski definition) is 1. The molecule has 1 aromatic heterocycles. The number of halogens is 1. The number of hydrogen-bond acceptors (Lipinski definition) is 3. The lowest BCUT2D eigenvalue weighted by Gasteiger charge is -2.22. The molecule has 1 heterocycles. The summed E-state index contributed by atoms with van der Waals surface area (Å²) < 4.78 is 12.5. The van der Waals surface area contributed by atoms with Crippen molar-refractivity contribution in [3.63, 3.8) is 0 Å². The summed E-state index contributed by atoms with van der Waals surface area (Å²) in [7, 11) is 1.58. The first kappa shape index (κ1) is 11.6. The molecule has 0 fully saturated rings. The van der Waals surface area contributed by atoms with E-state index in [2.05, 4.69) is 4.98 Å². The molecule has 1 aromatic rings. The Hall–Kier alpha value is -1.49. The second kappa shape index (κ2) is 4.84. The normalized spacial score (nSPS) is 12.3. The molecule has 0 aromatic carbocycles. The molecule has 0 aliphatic heterocycles. The smallest absolute Gasteiger partial charge is 0.255 e. The van der Waals surface area contributed by atoms with Gasteiger partial charge in [-0.15, -0.1) is 0 Å². The number of nitrogens with zero attached hydrogens (tertiary/aromatic N) is 2. The molecule has 4 nitrogen and oxygen atoms in total. The lowest BCUT2D eigenvalue weighted by molar-refractivity contribution is 0.0681. The van der Waals surface area contributed by atoms with Gasteiger partial charge in [-0.2, -0.15) is 4.39 Å². The number of likely N-dealkylation sites (N-methyl/N-ethyl adjacent to an activating group) is 1. The van der Waals surface area contributed by atoms with Gasteiger partial charge in [-0.25, -0.2) is 4.98 Å². The van der Waals surface area contributed by atoms with Gasteiger partial charge in [0, 0.05) is 13.2 Å². The predicted molar refractivity (Wildman–Crippen MR) is 52.8 cm³/mol. The van der Waals surface area contributed by atoms with Gasteiger partial charge in [0.15, 0.2) is 0 Å². The molecule has 1 rings (SSSR count). The molecule has 1 amide bonds. The fraction of sp³-hybridized carbons (Fsp3) is 0.400. The van der Waals surface area contributed by atoms with Crippen LogP contribution in [0.25, 0.3) is 0 Å². The van der Waals surface area contributed by atoms with Crippen molar-refractivity contribution in [1.82, 2.24) is 9.88 Å². The van der Waals surface area contributed by atoms with Gasteiger partial charge < -0.3 is 10.0 Å². The highest BCUT2D eigenvalue weighted by Gasteiger charge is 2.16. The monoisotopic (exact) mass is 212 g/mol. The van der Waals surface area contributed by atoms with Gasteiger partial charge in [0.05, 0.1) is 18.2 Å². The minimum atomic E-state index is -0.621. The molecule has 0 saturated carbocycles. The number of carbonyl (C=O) groups is 1. The van der Waals surface area contributed by atoms with Crippen LogP contribution in [0.1, 0.15) is 17.3 Å². The van der Waals surface area contributed by atoms with Gasteiger partial charge in [0.25, 0.3) is 5.91 Å². The summed E-state index contributed by atoms with van der Waals surface area (Å²) >= 11 is 0. The average molecular weight is 212 g/mol. The highest BCUT2D eigenvalue weighted by molar-refractivity contribution is 5.93. The van der Waals surface area contributed by atoms with Crippen molar-refractivity contribution in [2.75, 3.05) is 13.7 Å². The first-order valence-corrected chi connectivity index (χ1v) is 4.56. The summed E-state index contributed by atoms with van der Waals surface area (Å²) in [5.74, 6) is -0.909. The van der Waals surface area contributed by atoms with Gasteiger partial charge >= 0.3 is 0 Å². The third kappa shape index (κ3) is 2.73. The second-order valence-electron chi connectivity index (χ2n) is 3.32. The summed E-state index contributed by atoms with van der Waals surface area (Å²) in [5.41, 5.74) is 0.305. The maximum absolute atomic E-state index is 12.5. The summed E-state index contributed by atoms with van der Waals surface area (Å²) in [4.78, 5) is 16.5. The largest absolute Gasteiger partial charge is 0.394 e. The number of amides is 1. The van der Waals surface area contributed by atoms with E-state index in [1.165, 1.54) is 17.2 Å². The minimum absolute atomic E-state index is 0.114. The Bertz CT molecular complexity index is 340. The van der Waals surface area contributed by atoms with Crippen LogP contribution in [-0.2, 0) is 0 Å². The van der Waals surface area contributed by atoms with Gasteiger partial charge in [0.1, 0.15) is 0 Å². The van der Waals surface area contributed by atoms with Crippen molar-refractivity contribution in [3.05, 3.63) is 29.8 Å². The predicted octanol–water partition coefficient (Wildman–Crippen LogP) is 0.674. The zero-order valence-corrected chi connectivity index (χ0v) is 8.64. The lowest BCUT2D eigenvalue weighted by atomic mass is 10.2. The maximum Gasteiger partial charge on any atom is 0.255 e. The molecular weight excluding hydrogens is 199 g/mol. The van der Waals surface area contributed by atoms with Crippen LogP contribution in [0.4, 0.5) is 4.39 Å². The average Bonchev–Trinajstić information content (AvgIpc) is 2.27. The van der Waals surface area contributed by atoms with Crippen molar-refractivity contribution in [1.29, 1.82) is 0 Å². The standard InChI is InChI=1S/C10H13FN2O2/c1-7(6-14)13(2)10(15)8-3-4-9(11)12-5-8/h3-5,7,14H,6H2,1-2H3. The number of aliphatic hydroxyl groups excluding tert-OH is 1. The Labute approximate surface area is 87.4 Å². The van der Waals surface area contributed by atoms with Gasteiger partial charge in [-0.1, -0.05) is 0 Å². The molecule has 0 saturated heterocycles. The van der Waals surface area contributed by atoms with E-state index in [-0.39, 0.29) is 18.6 Å². The molecule has 1 N–H and O–H groups in total. The molecule has 0 aliphatic carbocycles. The summed E-state index contributed by atoms with van der Waals surface area (Å²) in [6.45, 7) is 1.60. The van der Waals surface area contributed by atoms with Gasteiger partial charge in [-0.05, 0) is 19.1 Å². The van der Waals surface area contributed by atoms with Crippen molar-refractivity contribution < 1.29 is 14.3 Å². The Kier molecular flexibility index (Phi) is 3.74. The number of aliphatic hydroxyl groups is 1. The van der Waals surface area contributed by atoms with Crippen LogP contribution < -0.4 is 0 Å². The SMILES string of the molecule is CC(CO)N(C)C(=O)c1ccc(F)nc1. The van der Waals surface area contributed by atoms with Crippen LogP contribution in [0.15, 0.2) is 18.3 Å². The van der Waals surface area contributed by atoms with E-state index in [4.69, 9.17) is 5.11 Å². The molecule has 1 atom stereocenters. The van der Waals surface area contributed by atoms with Crippen LogP contribution in [0.3, 0.4) is 0 Å². The molecule has 5 heteroatoms.